The van der Waals surface area contributed by atoms with Crippen molar-refractivity contribution in [3.63, 3.8) is 0 Å². The molecule has 0 spiro atoms. The molecule has 0 aliphatic rings. The van der Waals surface area contributed by atoms with Crippen molar-refractivity contribution in [2.45, 2.75) is 11.3 Å². The van der Waals surface area contributed by atoms with Crippen molar-refractivity contribution in [1.82, 2.24) is 4.31 Å². The molecule has 7 heteroatoms. The van der Waals surface area contributed by atoms with E-state index >= 15 is 0 Å². The molecule has 6 nitrogen and oxygen atoms in total. The van der Waals surface area contributed by atoms with Crippen molar-refractivity contribution in [3.05, 3.63) is 24.3 Å². The molecule has 0 atom stereocenters. The summed E-state index contributed by atoms with van der Waals surface area (Å²) >= 11 is 0. The van der Waals surface area contributed by atoms with E-state index in [-0.39, 0.29) is 17.2 Å². The fraction of sp³-hybridized carbons (Fsp3) is 0.462. The molecule has 0 N–H and O–H groups in total. The third kappa shape index (κ3) is 3.78. The largest absolute Gasteiger partial charge is 0.384 e. The number of ether oxygens (including phenoxy) is 1. The number of benzene rings is 1. The van der Waals surface area contributed by atoms with Gasteiger partial charge in [-0.2, -0.15) is 0 Å². The summed E-state index contributed by atoms with van der Waals surface area (Å²) in [6, 6.07) is 6.21. The van der Waals surface area contributed by atoms with Crippen LogP contribution in [0.2, 0.25) is 0 Å². The third-order valence-corrected chi connectivity index (χ3v) is 4.73. The van der Waals surface area contributed by atoms with E-state index in [0.29, 0.717) is 12.3 Å². The number of amides is 1. The van der Waals surface area contributed by atoms with Crippen LogP contribution in [0.3, 0.4) is 0 Å². The van der Waals surface area contributed by atoms with Crippen LogP contribution in [0.15, 0.2) is 29.2 Å². The lowest BCUT2D eigenvalue weighted by atomic mass is 10.3. The van der Waals surface area contributed by atoms with Crippen LogP contribution in [0.25, 0.3) is 0 Å². The molecule has 0 bridgehead atoms. The Hall–Kier alpha value is -1.44. The standard InChI is InChI=1S/C13H20N2O4S/c1-14(2)20(17,18)12-7-5-11(6-8-12)15(3)13(16)9-10-19-4/h5-8H,9-10H2,1-4H3. The minimum Gasteiger partial charge on any atom is -0.384 e. The molecule has 0 aliphatic carbocycles. The smallest absolute Gasteiger partial charge is 0.242 e. The number of methoxy groups -OCH3 is 1. The lowest BCUT2D eigenvalue weighted by Crippen LogP contribution is -2.27. The summed E-state index contributed by atoms with van der Waals surface area (Å²) in [7, 11) is 2.69. The molecule has 0 heterocycles. The number of carbonyl (C=O) groups is 1. The van der Waals surface area contributed by atoms with Crippen molar-refractivity contribution in [2.75, 3.05) is 39.8 Å². The zero-order chi connectivity index (χ0) is 15.3. The number of rotatable bonds is 6. The summed E-state index contributed by atoms with van der Waals surface area (Å²) in [4.78, 5) is 13.5. The van der Waals surface area contributed by atoms with Crippen LogP contribution < -0.4 is 4.90 Å². The topological polar surface area (TPSA) is 66.9 Å². The van der Waals surface area contributed by atoms with Crippen LogP contribution in [0, 0.1) is 0 Å². The Kier molecular flexibility index (Phi) is 5.67. The quantitative estimate of drug-likeness (QED) is 0.784. The molecule has 1 aromatic rings. The van der Waals surface area contributed by atoms with Gasteiger partial charge >= 0.3 is 0 Å². The summed E-state index contributed by atoms with van der Waals surface area (Å²) in [6.45, 7) is 0.357. The van der Waals surface area contributed by atoms with Crippen LogP contribution >= 0.6 is 0 Å². The molecule has 0 unspecified atom stereocenters. The Balaban J connectivity index is 2.89. The third-order valence-electron chi connectivity index (χ3n) is 2.90. The van der Waals surface area contributed by atoms with Gasteiger partial charge in [-0.3, -0.25) is 4.79 Å². The molecule has 0 fully saturated rings. The van der Waals surface area contributed by atoms with Crippen molar-refractivity contribution >= 4 is 21.6 Å². The van der Waals surface area contributed by atoms with E-state index in [2.05, 4.69) is 0 Å². The second-order valence-electron chi connectivity index (χ2n) is 4.48. The second-order valence-corrected chi connectivity index (χ2v) is 6.63. The summed E-state index contributed by atoms with van der Waals surface area (Å²) < 4.78 is 29.8. The Morgan fingerprint density at radius 3 is 2.15 bits per heavy atom. The van der Waals surface area contributed by atoms with Crippen LogP contribution in [-0.4, -0.2) is 53.5 Å². The van der Waals surface area contributed by atoms with Gasteiger partial charge in [-0.25, -0.2) is 12.7 Å². The molecule has 20 heavy (non-hydrogen) atoms. The highest BCUT2D eigenvalue weighted by Crippen LogP contribution is 2.19. The maximum absolute atomic E-state index is 11.9. The van der Waals surface area contributed by atoms with E-state index in [0.717, 1.165) is 4.31 Å². The minimum atomic E-state index is -3.44. The van der Waals surface area contributed by atoms with Crippen LogP contribution in [0.4, 0.5) is 5.69 Å². The highest BCUT2D eigenvalue weighted by Gasteiger charge is 2.17. The van der Waals surface area contributed by atoms with Gasteiger partial charge in [-0.05, 0) is 24.3 Å². The first-order valence-corrected chi connectivity index (χ1v) is 7.52. The number of nitrogens with zero attached hydrogens (tertiary/aromatic N) is 2. The first-order valence-electron chi connectivity index (χ1n) is 6.08. The zero-order valence-corrected chi connectivity index (χ0v) is 13.0. The first kappa shape index (κ1) is 16.6. The molecular weight excluding hydrogens is 280 g/mol. The molecule has 1 aromatic carbocycles. The Morgan fingerprint density at radius 1 is 1.15 bits per heavy atom. The normalized spacial score (nSPS) is 11.7. The van der Waals surface area contributed by atoms with E-state index in [1.54, 1.807) is 19.2 Å². The van der Waals surface area contributed by atoms with Gasteiger partial charge in [0.2, 0.25) is 15.9 Å². The molecule has 112 valence electrons. The predicted molar refractivity (Wildman–Crippen MR) is 77.2 cm³/mol. The predicted octanol–water partition coefficient (Wildman–Crippen LogP) is 0.936. The first-order chi connectivity index (χ1) is 9.30. The number of anilines is 1. The zero-order valence-electron chi connectivity index (χ0n) is 12.2. The summed E-state index contributed by atoms with van der Waals surface area (Å²) in [5.74, 6) is -0.0879. The molecule has 0 saturated heterocycles. The Labute approximate surface area is 120 Å². The van der Waals surface area contributed by atoms with Crippen molar-refractivity contribution in [3.8, 4) is 0 Å². The average molecular weight is 300 g/mol. The van der Waals surface area contributed by atoms with Gasteiger partial charge in [-0.1, -0.05) is 0 Å². The number of sulfonamides is 1. The SMILES string of the molecule is COCCC(=O)N(C)c1ccc(S(=O)(=O)N(C)C)cc1. The number of hydrogen-bond donors (Lipinski definition) is 0. The van der Waals surface area contributed by atoms with Gasteiger partial charge in [0, 0.05) is 33.9 Å². The molecule has 0 aromatic heterocycles. The average Bonchev–Trinajstić information content (AvgIpc) is 2.43. The fourth-order valence-corrected chi connectivity index (χ4v) is 2.46. The Morgan fingerprint density at radius 2 is 1.70 bits per heavy atom. The molecule has 0 aliphatic heterocycles. The fourth-order valence-electron chi connectivity index (χ4n) is 1.55. The summed E-state index contributed by atoms with van der Waals surface area (Å²) in [5, 5.41) is 0. The molecular formula is C13H20N2O4S. The van der Waals surface area contributed by atoms with Gasteiger partial charge in [0.15, 0.2) is 0 Å². The van der Waals surface area contributed by atoms with Crippen molar-refractivity contribution in [1.29, 1.82) is 0 Å². The highest BCUT2D eigenvalue weighted by molar-refractivity contribution is 7.89. The van der Waals surface area contributed by atoms with Crippen molar-refractivity contribution < 1.29 is 17.9 Å². The van der Waals surface area contributed by atoms with Crippen LogP contribution in [0.5, 0.6) is 0 Å². The van der Waals surface area contributed by atoms with Crippen molar-refractivity contribution in [2.24, 2.45) is 0 Å². The summed E-state index contributed by atoms with van der Waals surface area (Å²) in [5.41, 5.74) is 0.642. The lowest BCUT2D eigenvalue weighted by molar-refractivity contribution is -0.119. The van der Waals surface area contributed by atoms with Gasteiger partial charge in [0.1, 0.15) is 0 Å². The van der Waals surface area contributed by atoms with Crippen LogP contribution in [0.1, 0.15) is 6.42 Å². The van der Waals surface area contributed by atoms with E-state index in [4.69, 9.17) is 4.74 Å². The highest BCUT2D eigenvalue weighted by atomic mass is 32.2. The summed E-state index contributed by atoms with van der Waals surface area (Å²) in [6.07, 6.45) is 0.282. The molecule has 0 saturated carbocycles. The second kappa shape index (κ2) is 6.83. The van der Waals surface area contributed by atoms with Gasteiger partial charge < -0.3 is 9.64 Å². The lowest BCUT2D eigenvalue weighted by Gasteiger charge is -2.18. The maximum atomic E-state index is 11.9. The number of carbonyl (C=O) groups excluding carboxylic acids is 1. The maximum Gasteiger partial charge on any atom is 0.242 e. The number of hydrogen-bond acceptors (Lipinski definition) is 4. The van der Waals surface area contributed by atoms with E-state index in [1.165, 1.54) is 38.2 Å². The van der Waals surface area contributed by atoms with Crippen LogP contribution in [-0.2, 0) is 19.6 Å². The molecule has 1 amide bonds. The van der Waals surface area contributed by atoms with E-state index < -0.39 is 10.0 Å². The minimum absolute atomic E-state index is 0.0879. The van der Waals surface area contributed by atoms with Gasteiger partial charge in [0.05, 0.1) is 17.9 Å². The molecule has 1 rings (SSSR count). The van der Waals surface area contributed by atoms with Gasteiger partial charge in [-0.15, -0.1) is 0 Å². The van der Waals surface area contributed by atoms with E-state index in [9.17, 15) is 13.2 Å². The Bertz CT molecular complexity index is 552. The van der Waals surface area contributed by atoms with Gasteiger partial charge in [0.25, 0.3) is 0 Å². The van der Waals surface area contributed by atoms with E-state index in [1.807, 2.05) is 0 Å². The molecule has 0 radical (unpaired) electrons. The monoisotopic (exact) mass is 300 g/mol.